The first-order valence-electron chi connectivity index (χ1n) is 10.0. The van der Waals surface area contributed by atoms with E-state index in [4.69, 9.17) is 9.47 Å². The first-order valence-corrected chi connectivity index (χ1v) is 11.9. The van der Waals surface area contributed by atoms with Crippen LogP contribution in [0.15, 0.2) is 78.9 Å². The van der Waals surface area contributed by atoms with Gasteiger partial charge in [-0.15, -0.1) is 0 Å². The second-order valence-corrected chi connectivity index (χ2v) is 9.29. The number of rotatable bonds is 9. The molecule has 0 saturated carbocycles. The summed E-state index contributed by atoms with van der Waals surface area (Å²) in [6.07, 6.45) is 0.383. The van der Waals surface area contributed by atoms with Crippen molar-refractivity contribution in [3.05, 3.63) is 84.4 Å². The highest BCUT2D eigenvalue weighted by Crippen LogP contribution is 2.22. The molecule has 0 bridgehead atoms. The van der Waals surface area contributed by atoms with E-state index in [-0.39, 0.29) is 5.91 Å². The number of carbonyl (C=O) groups is 1. The summed E-state index contributed by atoms with van der Waals surface area (Å²) in [6, 6.07) is 23.5. The van der Waals surface area contributed by atoms with E-state index < -0.39 is 16.1 Å². The van der Waals surface area contributed by atoms with Crippen LogP contribution >= 0.6 is 0 Å². The largest absolute Gasteiger partial charge is 0.489 e. The molecule has 0 heterocycles. The molecule has 1 amide bonds. The van der Waals surface area contributed by atoms with E-state index in [1.807, 2.05) is 30.3 Å². The Morgan fingerprint density at radius 1 is 0.938 bits per heavy atom. The van der Waals surface area contributed by atoms with Crippen molar-refractivity contribution in [1.29, 1.82) is 0 Å². The fourth-order valence-corrected chi connectivity index (χ4v) is 3.31. The summed E-state index contributed by atoms with van der Waals surface area (Å²) in [5.41, 5.74) is 2.21. The van der Waals surface area contributed by atoms with E-state index in [1.165, 1.54) is 11.4 Å². The number of sulfonamides is 1. The predicted molar refractivity (Wildman–Crippen MR) is 126 cm³/mol. The van der Waals surface area contributed by atoms with Crippen LogP contribution < -0.4 is 19.1 Å². The summed E-state index contributed by atoms with van der Waals surface area (Å²) in [5.74, 6) is 0.860. The van der Waals surface area contributed by atoms with Gasteiger partial charge >= 0.3 is 0 Å². The van der Waals surface area contributed by atoms with E-state index in [9.17, 15) is 13.2 Å². The molecule has 0 fully saturated rings. The lowest BCUT2D eigenvalue weighted by Crippen LogP contribution is -2.30. The van der Waals surface area contributed by atoms with E-state index in [1.54, 1.807) is 55.5 Å². The Morgan fingerprint density at radius 2 is 1.53 bits per heavy atom. The van der Waals surface area contributed by atoms with Gasteiger partial charge in [-0.25, -0.2) is 8.42 Å². The van der Waals surface area contributed by atoms with Crippen molar-refractivity contribution in [2.45, 2.75) is 19.6 Å². The molecule has 1 N–H and O–H groups in total. The van der Waals surface area contributed by atoms with Gasteiger partial charge in [0.1, 0.15) is 18.1 Å². The summed E-state index contributed by atoms with van der Waals surface area (Å²) in [5, 5.41) is 2.81. The van der Waals surface area contributed by atoms with Crippen LogP contribution in [0.4, 0.5) is 11.4 Å². The molecule has 7 nitrogen and oxygen atoms in total. The zero-order chi connectivity index (χ0) is 23.1. The monoisotopic (exact) mass is 454 g/mol. The summed E-state index contributed by atoms with van der Waals surface area (Å²) in [7, 11) is -1.87. The molecule has 0 aliphatic rings. The minimum absolute atomic E-state index is 0.305. The summed E-state index contributed by atoms with van der Waals surface area (Å²) >= 11 is 0. The molecule has 8 heteroatoms. The van der Waals surface area contributed by atoms with Crippen molar-refractivity contribution in [1.82, 2.24) is 0 Å². The molecule has 3 aromatic carbocycles. The van der Waals surface area contributed by atoms with Gasteiger partial charge in [0.25, 0.3) is 5.91 Å². The minimum atomic E-state index is -3.34. The summed E-state index contributed by atoms with van der Waals surface area (Å²) in [6.45, 7) is 2.11. The van der Waals surface area contributed by atoms with Gasteiger partial charge in [-0.2, -0.15) is 0 Å². The Bertz CT molecular complexity index is 1130. The highest BCUT2D eigenvalue weighted by atomic mass is 32.2. The third-order valence-corrected chi connectivity index (χ3v) is 5.96. The van der Waals surface area contributed by atoms with E-state index in [0.29, 0.717) is 29.5 Å². The number of amides is 1. The van der Waals surface area contributed by atoms with Gasteiger partial charge in [-0.05, 0) is 61.0 Å². The quantitative estimate of drug-likeness (QED) is 0.527. The Hall–Kier alpha value is -3.52. The van der Waals surface area contributed by atoms with Gasteiger partial charge in [0.05, 0.1) is 11.9 Å². The van der Waals surface area contributed by atoms with Crippen LogP contribution in [0.3, 0.4) is 0 Å². The van der Waals surface area contributed by atoms with Crippen molar-refractivity contribution < 1.29 is 22.7 Å². The number of ether oxygens (including phenoxy) is 2. The van der Waals surface area contributed by atoms with Crippen molar-refractivity contribution >= 4 is 27.3 Å². The van der Waals surface area contributed by atoms with Crippen molar-refractivity contribution in [3.63, 3.8) is 0 Å². The number of carbonyl (C=O) groups excluding carboxylic acids is 1. The molecule has 0 aliphatic carbocycles. The highest BCUT2D eigenvalue weighted by Gasteiger charge is 2.16. The molecular weight excluding hydrogens is 428 g/mol. The molecule has 0 aliphatic heterocycles. The molecule has 0 unspecified atom stereocenters. The topological polar surface area (TPSA) is 84.9 Å². The Labute approximate surface area is 188 Å². The standard InChI is InChI=1S/C24H26N2O5S/c1-18(31-23-15-11-21(12-16-23)26(2)32(3,28)29)24(27)25-20-9-13-22(14-10-20)30-17-19-7-5-4-6-8-19/h4-16,18H,17H2,1-3H3,(H,25,27)/t18-/m0/s1. The van der Waals surface area contributed by atoms with Crippen LogP contribution in [0.25, 0.3) is 0 Å². The molecule has 3 aromatic rings. The van der Waals surface area contributed by atoms with E-state index in [2.05, 4.69) is 5.32 Å². The molecule has 0 radical (unpaired) electrons. The zero-order valence-corrected chi connectivity index (χ0v) is 19.0. The average molecular weight is 455 g/mol. The van der Waals surface area contributed by atoms with Crippen molar-refractivity contribution in [2.24, 2.45) is 0 Å². The first kappa shape index (κ1) is 23.1. The summed E-state index contributed by atoms with van der Waals surface area (Å²) < 4.78 is 35.8. The molecule has 1 atom stereocenters. The first-order chi connectivity index (χ1) is 15.2. The maximum atomic E-state index is 12.5. The fourth-order valence-electron chi connectivity index (χ4n) is 2.80. The average Bonchev–Trinajstić information content (AvgIpc) is 2.78. The number of hydrogen-bond donors (Lipinski definition) is 1. The van der Waals surface area contributed by atoms with Gasteiger partial charge in [0.2, 0.25) is 10.0 Å². The third kappa shape index (κ3) is 6.49. The lowest BCUT2D eigenvalue weighted by Gasteiger charge is -2.18. The molecule has 0 spiro atoms. The number of benzene rings is 3. The highest BCUT2D eigenvalue weighted by molar-refractivity contribution is 7.92. The number of anilines is 2. The van der Waals surface area contributed by atoms with Crippen LogP contribution in [0, 0.1) is 0 Å². The number of nitrogens with one attached hydrogen (secondary N) is 1. The van der Waals surface area contributed by atoms with E-state index >= 15 is 0 Å². The van der Waals surface area contributed by atoms with Crippen molar-refractivity contribution in [2.75, 3.05) is 22.9 Å². The van der Waals surface area contributed by atoms with Crippen LogP contribution in [0.1, 0.15) is 12.5 Å². The molecule has 168 valence electrons. The maximum Gasteiger partial charge on any atom is 0.265 e. The lowest BCUT2D eigenvalue weighted by molar-refractivity contribution is -0.122. The molecular formula is C24H26N2O5S. The molecule has 0 saturated heterocycles. The van der Waals surface area contributed by atoms with Gasteiger partial charge in [-0.1, -0.05) is 30.3 Å². The zero-order valence-electron chi connectivity index (χ0n) is 18.2. The van der Waals surface area contributed by atoms with E-state index in [0.717, 1.165) is 11.8 Å². The normalized spacial score (nSPS) is 12.0. The number of hydrogen-bond acceptors (Lipinski definition) is 5. The maximum absolute atomic E-state index is 12.5. The Kier molecular flexibility index (Phi) is 7.37. The van der Waals surface area contributed by atoms with Gasteiger partial charge < -0.3 is 14.8 Å². The SMILES string of the molecule is C[C@H](Oc1ccc(N(C)S(C)(=O)=O)cc1)C(=O)Nc1ccc(OCc2ccccc2)cc1. The van der Waals surface area contributed by atoms with Crippen LogP contribution in [0.2, 0.25) is 0 Å². The van der Waals surface area contributed by atoms with Crippen LogP contribution in [-0.2, 0) is 21.4 Å². The third-order valence-electron chi connectivity index (χ3n) is 4.75. The fraction of sp³-hybridized carbons (Fsp3) is 0.208. The van der Waals surface area contributed by atoms with Gasteiger partial charge in [0.15, 0.2) is 6.10 Å². The summed E-state index contributed by atoms with van der Waals surface area (Å²) in [4.78, 5) is 12.5. The van der Waals surface area contributed by atoms with Crippen LogP contribution in [-0.4, -0.2) is 33.7 Å². The Morgan fingerprint density at radius 3 is 2.12 bits per heavy atom. The smallest absolute Gasteiger partial charge is 0.265 e. The Balaban J connectivity index is 1.51. The molecule has 3 rings (SSSR count). The molecule has 32 heavy (non-hydrogen) atoms. The predicted octanol–water partition coefficient (Wildman–Crippen LogP) is 4.07. The lowest BCUT2D eigenvalue weighted by atomic mass is 10.2. The second kappa shape index (κ2) is 10.2. The number of nitrogens with zero attached hydrogens (tertiary/aromatic N) is 1. The minimum Gasteiger partial charge on any atom is -0.489 e. The van der Waals surface area contributed by atoms with Crippen LogP contribution in [0.5, 0.6) is 11.5 Å². The van der Waals surface area contributed by atoms with Crippen molar-refractivity contribution in [3.8, 4) is 11.5 Å². The molecule has 0 aromatic heterocycles. The van der Waals surface area contributed by atoms with Gasteiger partial charge in [0, 0.05) is 12.7 Å². The second-order valence-electron chi connectivity index (χ2n) is 7.27. The van der Waals surface area contributed by atoms with Gasteiger partial charge in [-0.3, -0.25) is 9.10 Å².